The molecule has 0 spiro atoms. The molecular weight excluding hydrogens is 508 g/mol. The Labute approximate surface area is 222 Å². The molecule has 0 aliphatic rings. The third-order valence-electron chi connectivity index (χ3n) is 5.40. The number of nitrogens with one attached hydrogen (secondary N) is 3. The minimum atomic E-state index is -0.535. The highest BCUT2D eigenvalue weighted by Gasteiger charge is 2.12. The van der Waals surface area contributed by atoms with Crippen molar-refractivity contribution in [1.29, 1.82) is 0 Å². The largest absolute Gasteiger partial charge is 0.387 e. The second-order valence-electron chi connectivity index (χ2n) is 8.35. The Balaban J connectivity index is 1.16. The lowest BCUT2D eigenvalue weighted by molar-refractivity contribution is -0.116. The molecule has 2 heterocycles. The Morgan fingerprint density at radius 3 is 2.27 bits per heavy atom. The van der Waals surface area contributed by atoms with E-state index < -0.39 is 6.10 Å². The van der Waals surface area contributed by atoms with Gasteiger partial charge in [-0.05, 0) is 36.2 Å². The van der Waals surface area contributed by atoms with Crippen LogP contribution in [-0.4, -0.2) is 40.0 Å². The Hall–Kier alpha value is -3.64. The van der Waals surface area contributed by atoms with Gasteiger partial charge in [0.2, 0.25) is 11.8 Å². The second-order valence-corrected chi connectivity index (χ2v) is 10.1. The van der Waals surface area contributed by atoms with E-state index in [-0.39, 0.29) is 24.7 Å². The first-order valence-electron chi connectivity index (χ1n) is 11.7. The number of benzene rings is 2. The maximum atomic E-state index is 12.4. The van der Waals surface area contributed by atoms with Crippen LogP contribution in [-0.2, 0) is 28.9 Å². The number of carbonyl (C=O) groups excluding carboxylic acids is 2. The van der Waals surface area contributed by atoms with Gasteiger partial charge in [-0.3, -0.25) is 9.59 Å². The number of nitrogens with two attached hydrogens (primary N) is 1. The van der Waals surface area contributed by atoms with Crippen molar-refractivity contribution in [2.24, 2.45) is 0 Å². The number of thiazole rings is 2. The minimum absolute atomic E-state index is 0.102. The van der Waals surface area contributed by atoms with E-state index in [1.54, 1.807) is 10.8 Å². The predicted octanol–water partition coefficient (Wildman–Crippen LogP) is 3.41. The van der Waals surface area contributed by atoms with Crippen LogP contribution < -0.4 is 21.7 Å². The van der Waals surface area contributed by atoms with Crippen LogP contribution >= 0.6 is 22.7 Å². The van der Waals surface area contributed by atoms with Gasteiger partial charge in [0.1, 0.15) is 0 Å². The lowest BCUT2D eigenvalue weighted by Crippen LogP contribution is -2.23. The zero-order chi connectivity index (χ0) is 26.0. The van der Waals surface area contributed by atoms with Crippen LogP contribution in [0, 0.1) is 0 Å². The van der Waals surface area contributed by atoms with E-state index in [0.29, 0.717) is 33.9 Å². The van der Waals surface area contributed by atoms with Crippen molar-refractivity contribution in [1.82, 2.24) is 15.3 Å². The molecule has 192 valence electrons. The van der Waals surface area contributed by atoms with Gasteiger partial charge in [-0.2, -0.15) is 0 Å². The molecule has 0 saturated carbocycles. The van der Waals surface area contributed by atoms with Crippen LogP contribution in [0.25, 0.3) is 0 Å². The Kier molecular flexibility index (Phi) is 9.33. The number of anilines is 3. The molecule has 0 bridgehead atoms. The molecule has 0 saturated heterocycles. The average molecular weight is 537 g/mol. The molecule has 4 aromatic rings. The molecule has 11 heteroatoms. The summed E-state index contributed by atoms with van der Waals surface area (Å²) in [5.41, 5.74) is 9.50. The van der Waals surface area contributed by atoms with Crippen LogP contribution in [0.4, 0.5) is 16.0 Å². The fourth-order valence-electron chi connectivity index (χ4n) is 3.57. The first kappa shape index (κ1) is 26.4. The van der Waals surface area contributed by atoms with E-state index in [4.69, 9.17) is 5.73 Å². The Morgan fingerprint density at radius 1 is 0.892 bits per heavy atom. The molecule has 2 amide bonds. The molecule has 37 heavy (non-hydrogen) atoms. The molecule has 2 aromatic heterocycles. The van der Waals surface area contributed by atoms with Gasteiger partial charge in [0.25, 0.3) is 0 Å². The summed E-state index contributed by atoms with van der Waals surface area (Å²) in [5.74, 6) is -0.427. The third kappa shape index (κ3) is 8.46. The maximum Gasteiger partial charge on any atom is 0.232 e. The lowest BCUT2D eigenvalue weighted by atomic mass is 10.1. The van der Waals surface area contributed by atoms with Crippen LogP contribution in [0.5, 0.6) is 0 Å². The molecule has 0 radical (unpaired) electrons. The topological polar surface area (TPSA) is 142 Å². The van der Waals surface area contributed by atoms with Crippen LogP contribution in [0.15, 0.2) is 65.4 Å². The smallest absolute Gasteiger partial charge is 0.232 e. The number of carbonyl (C=O) groups is 2. The molecule has 0 aliphatic carbocycles. The maximum absolute atomic E-state index is 12.4. The monoisotopic (exact) mass is 536 g/mol. The van der Waals surface area contributed by atoms with Crippen molar-refractivity contribution in [2.75, 3.05) is 29.5 Å². The van der Waals surface area contributed by atoms with Gasteiger partial charge in [-0.1, -0.05) is 42.5 Å². The van der Waals surface area contributed by atoms with Gasteiger partial charge >= 0.3 is 0 Å². The normalized spacial score (nSPS) is 11.7. The highest BCUT2D eigenvalue weighted by Crippen LogP contribution is 2.18. The number of aliphatic hydroxyl groups excluding tert-OH is 1. The lowest BCUT2D eigenvalue weighted by Gasteiger charge is -2.12. The third-order valence-corrected chi connectivity index (χ3v) is 6.93. The fraction of sp³-hybridized carbons (Fsp3) is 0.231. The predicted molar refractivity (Wildman–Crippen MR) is 148 cm³/mol. The van der Waals surface area contributed by atoms with Gasteiger partial charge in [-0.15, -0.1) is 22.7 Å². The molecular formula is C26H28N6O3S2. The SMILES string of the molecule is Nc1nc(CC(=O)Nc2nc(CC(=O)Nc3ccc(CCNC[C@H](O)c4ccccc4)cc3)cs2)cs1. The van der Waals surface area contributed by atoms with E-state index in [1.165, 1.54) is 22.7 Å². The summed E-state index contributed by atoms with van der Waals surface area (Å²) in [6.45, 7) is 1.22. The van der Waals surface area contributed by atoms with E-state index in [0.717, 1.165) is 24.1 Å². The number of rotatable bonds is 12. The Bertz CT molecular complexity index is 1310. The van der Waals surface area contributed by atoms with Crippen molar-refractivity contribution in [3.63, 3.8) is 0 Å². The molecule has 9 nitrogen and oxygen atoms in total. The zero-order valence-corrected chi connectivity index (χ0v) is 21.6. The highest BCUT2D eigenvalue weighted by atomic mass is 32.1. The van der Waals surface area contributed by atoms with Gasteiger partial charge in [0.05, 0.1) is 30.3 Å². The number of aromatic nitrogens is 2. The Morgan fingerprint density at radius 2 is 1.57 bits per heavy atom. The summed E-state index contributed by atoms with van der Waals surface area (Å²) < 4.78 is 0. The zero-order valence-electron chi connectivity index (χ0n) is 20.0. The van der Waals surface area contributed by atoms with E-state index in [9.17, 15) is 14.7 Å². The van der Waals surface area contributed by atoms with Crippen LogP contribution in [0.1, 0.15) is 28.6 Å². The van der Waals surface area contributed by atoms with Crippen LogP contribution in [0.3, 0.4) is 0 Å². The van der Waals surface area contributed by atoms with E-state index >= 15 is 0 Å². The summed E-state index contributed by atoms with van der Waals surface area (Å²) in [6.07, 6.45) is 0.487. The number of nitrogens with zero attached hydrogens (tertiary/aromatic N) is 2. The standard InChI is InChI=1S/C26H28N6O3S2/c27-25-30-20(15-36-25)12-24(35)32-26-31-21(16-37-26)13-23(34)29-19-8-6-17(7-9-19)10-11-28-14-22(33)18-4-2-1-3-5-18/h1-9,15-16,22,28,33H,10-14H2,(H2,27,30)(H,29,34)(H,31,32,35)/t22-/m0/s1. The van der Waals surface area contributed by atoms with Crippen molar-refractivity contribution in [2.45, 2.75) is 25.4 Å². The van der Waals surface area contributed by atoms with Crippen molar-refractivity contribution in [3.05, 3.63) is 87.9 Å². The molecule has 2 aromatic carbocycles. The van der Waals surface area contributed by atoms with Crippen molar-refractivity contribution >= 4 is 50.4 Å². The summed E-state index contributed by atoms with van der Waals surface area (Å²) in [4.78, 5) is 33.0. The van der Waals surface area contributed by atoms with Gasteiger partial charge in [0, 0.05) is 23.0 Å². The second kappa shape index (κ2) is 13.1. The summed E-state index contributed by atoms with van der Waals surface area (Å²) in [6, 6.07) is 17.2. The summed E-state index contributed by atoms with van der Waals surface area (Å²) in [5, 5.41) is 23.4. The van der Waals surface area contributed by atoms with Gasteiger partial charge in [-0.25, -0.2) is 9.97 Å². The fourth-order valence-corrected chi connectivity index (χ4v) is 4.86. The average Bonchev–Trinajstić information content (AvgIpc) is 3.50. The number of hydrogen-bond donors (Lipinski definition) is 5. The molecule has 0 fully saturated rings. The molecule has 0 unspecified atom stereocenters. The molecule has 0 aliphatic heterocycles. The summed E-state index contributed by atoms with van der Waals surface area (Å²) in [7, 11) is 0. The number of aliphatic hydroxyl groups is 1. The molecule has 4 rings (SSSR count). The first-order valence-corrected chi connectivity index (χ1v) is 13.5. The van der Waals surface area contributed by atoms with E-state index in [1.807, 2.05) is 54.6 Å². The highest BCUT2D eigenvalue weighted by molar-refractivity contribution is 7.14. The molecule has 6 N–H and O–H groups in total. The van der Waals surface area contributed by atoms with Gasteiger partial charge in [0.15, 0.2) is 10.3 Å². The van der Waals surface area contributed by atoms with Gasteiger partial charge < -0.3 is 26.8 Å². The minimum Gasteiger partial charge on any atom is -0.387 e. The summed E-state index contributed by atoms with van der Waals surface area (Å²) >= 11 is 2.55. The molecule has 1 atom stereocenters. The quantitative estimate of drug-likeness (QED) is 0.175. The van der Waals surface area contributed by atoms with Crippen LogP contribution in [0.2, 0.25) is 0 Å². The van der Waals surface area contributed by atoms with Crippen molar-refractivity contribution in [3.8, 4) is 0 Å². The van der Waals surface area contributed by atoms with E-state index in [2.05, 4.69) is 25.9 Å². The number of amides is 2. The number of hydrogen-bond acceptors (Lipinski definition) is 9. The van der Waals surface area contributed by atoms with Crippen molar-refractivity contribution < 1.29 is 14.7 Å². The number of nitrogen functional groups attached to an aromatic ring is 1. The first-order chi connectivity index (χ1) is 17.9.